The first-order chi connectivity index (χ1) is 17.7. The van der Waals surface area contributed by atoms with Gasteiger partial charge in [-0.15, -0.1) is 16.4 Å². The lowest BCUT2D eigenvalue weighted by atomic mass is 10.0. The fraction of sp³-hybridized carbons (Fsp3) is 0.192. The molecule has 1 unspecified atom stereocenters. The minimum atomic E-state index is -0.976. The molecular weight excluding hydrogens is 476 g/mol. The molecule has 1 amide bonds. The highest BCUT2D eigenvalue weighted by atomic mass is 32.1. The van der Waals surface area contributed by atoms with Gasteiger partial charge in [0, 0.05) is 11.1 Å². The van der Waals surface area contributed by atoms with Crippen molar-refractivity contribution in [3.63, 3.8) is 0 Å². The molecule has 1 atom stereocenters. The number of ether oxygens (including phenoxy) is 1. The summed E-state index contributed by atoms with van der Waals surface area (Å²) in [5, 5.41) is 15.2. The minimum Gasteiger partial charge on any atom is -0.402 e. The summed E-state index contributed by atoms with van der Waals surface area (Å²) in [5.41, 5.74) is 4.90. The smallest absolute Gasteiger partial charge is 0.317 e. The predicted octanol–water partition coefficient (Wildman–Crippen LogP) is 4.53. The van der Waals surface area contributed by atoms with Crippen molar-refractivity contribution in [2.45, 2.75) is 19.5 Å². The van der Waals surface area contributed by atoms with Crippen LogP contribution < -0.4 is 10.6 Å². The van der Waals surface area contributed by atoms with Crippen LogP contribution in [0.15, 0.2) is 70.1 Å². The first kappa shape index (κ1) is 22.3. The maximum Gasteiger partial charge on any atom is 0.317 e. The lowest BCUT2D eigenvalue weighted by molar-refractivity contribution is -0.116. The van der Waals surface area contributed by atoms with Crippen LogP contribution in [0.5, 0.6) is 0 Å². The van der Waals surface area contributed by atoms with Crippen LogP contribution in [0.3, 0.4) is 0 Å². The Morgan fingerprint density at radius 1 is 1.08 bits per heavy atom. The van der Waals surface area contributed by atoms with Crippen LogP contribution in [0.2, 0.25) is 0 Å². The van der Waals surface area contributed by atoms with Crippen LogP contribution in [0, 0.1) is 6.92 Å². The normalized spacial score (nSPS) is 17.5. The number of anilines is 2. The van der Waals surface area contributed by atoms with Crippen molar-refractivity contribution in [3.05, 3.63) is 81.7 Å². The molecule has 0 bridgehead atoms. The number of carbonyl (C=O) groups is 1. The topological polar surface area (TPSA) is 115 Å². The van der Waals surface area contributed by atoms with Crippen molar-refractivity contribution < 1.29 is 13.9 Å². The van der Waals surface area contributed by atoms with Gasteiger partial charge in [0.1, 0.15) is 5.69 Å². The molecule has 4 heterocycles. The van der Waals surface area contributed by atoms with E-state index in [-0.39, 0.29) is 17.8 Å². The average molecular weight is 499 g/mol. The number of fused-ring (bicyclic) bond motifs is 1. The van der Waals surface area contributed by atoms with Gasteiger partial charge in [0.25, 0.3) is 11.8 Å². The Hall–Kier alpha value is -4.15. The lowest BCUT2D eigenvalue weighted by Crippen LogP contribution is -2.32. The molecule has 2 aliphatic rings. The zero-order valence-corrected chi connectivity index (χ0v) is 20.2. The van der Waals surface area contributed by atoms with Crippen LogP contribution in [0.1, 0.15) is 27.4 Å². The summed E-state index contributed by atoms with van der Waals surface area (Å²) < 4.78 is 11.4. The quantitative estimate of drug-likeness (QED) is 0.415. The zero-order valence-electron chi connectivity index (χ0n) is 19.4. The van der Waals surface area contributed by atoms with Gasteiger partial charge in [-0.05, 0) is 25.0 Å². The van der Waals surface area contributed by atoms with E-state index >= 15 is 0 Å². The van der Waals surface area contributed by atoms with Crippen molar-refractivity contribution in [1.29, 1.82) is 0 Å². The van der Waals surface area contributed by atoms with Crippen LogP contribution >= 0.6 is 11.3 Å². The molecule has 9 nitrogen and oxygen atoms in total. The Balaban J connectivity index is 1.33. The molecule has 0 spiro atoms. The zero-order chi connectivity index (χ0) is 24.5. The molecular formula is C26H22N6O3S. The van der Waals surface area contributed by atoms with Gasteiger partial charge < -0.3 is 19.8 Å². The van der Waals surface area contributed by atoms with Gasteiger partial charge in [0.15, 0.2) is 0 Å². The minimum absolute atomic E-state index is 0.0878. The Morgan fingerprint density at radius 2 is 1.92 bits per heavy atom. The fourth-order valence-corrected chi connectivity index (χ4v) is 5.18. The van der Waals surface area contributed by atoms with Gasteiger partial charge in [0.05, 0.1) is 34.5 Å². The third-order valence-electron chi connectivity index (χ3n) is 5.87. The Labute approximate surface area is 211 Å². The highest BCUT2D eigenvalue weighted by Crippen LogP contribution is 2.36. The highest BCUT2D eigenvalue weighted by Gasteiger charge is 2.28. The molecule has 36 heavy (non-hydrogen) atoms. The second-order valence-corrected chi connectivity index (χ2v) is 9.51. The predicted molar refractivity (Wildman–Crippen MR) is 138 cm³/mol. The molecule has 0 saturated heterocycles. The van der Waals surface area contributed by atoms with Crippen molar-refractivity contribution >= 4 is 40.2 Å². The van der Waals surface area contributed by atoms with Gasteiger partial charge in [0.2, 0.25) is 6.17 Å². The number of aromatic nitrogens is 3. The molecule has 2 aromatic carbocycles. The Morgan fingerprint density at radius 3 is 2.75 bits per heavy atom. The van der Waals surface area contributed by atoms with E-state index in [1.807, 2.05) is 61.5 Å². The molecule has 2 aliphatic heterocycles. The number of para-hydroxylation sites is 1. The van der Waals surface area contributed by atoms with E-state index < -0.39 is 6.17 Å². The van der Waals surface area contributed by atoms with E-state index in [0.717, 1.165) is 33.0 Å². The molecule has 0 fully saturated rings. The number of hydrogen-bond acceptors (Lipinski definition) is 9. The molecule has 0 aliphatic carbocycles. The molecule has 10 heteroatoms. The Bertz CT molecular complexity index is 1490. The standard InChI is InChI=1S/C26H22N6O3S/c1-15-27-21(22(36-15)17-11-13-34-14-12-17)25-31-32-26(35-25)30-23-24(33)28-19-10-6-5-9-18(19)20(29-23)16-7-3-2-4-8-16/h2-11,23H,12-14H2,1H3,(H,28,33)(H,30,32). The largest absolute Gasteiger partial charge is 0.402 e. The van der Waals surface area contributed by atoms with Crippen molar-refractivity contribution in [1.82, 2.24) is 15.2 Å². The SMILES string of the molecule is Cc1nc(-c2nnc(NC3N=C(c4ccccc4)c4ccccc4NC3=O)o2)c(C2=CCOCC2)s1. The summed E-state index contributed by atoms with van der Waals surface area (Å²) in [7, 11) is 0. The number of nitrogens with zero attached hydrogens (tertiary/aromatic N) is 4. The molecule has 0 radical (unpaired) electrons. The van der Waals surface area contributed by atoms with Crippen LogP contribution in [-0.2, 0) is 9.53 Å². The van der Waals surface area contributed by atoms with E-state index in [1.165, 1.54) is 0 Å². The number of benzodiazepines with no additional fused rings is 1. The first-order valence-corrected chi connectivity index (χ1v) is 12.4. The maximum absolute atomic E-state index is 13.1. The van der Waals surface area contributed by atoms with E-state index in [0.29, 0.717) is 30.3 Å². The van der Waals surface area contributed by atoms with Gasteiger partial charge in [-0.25, -0.2) is 9.98 Å². The molecule has 6 rings (SSSR count). The van der Waals surface area contributed by atoms with Crippen molar-refractivity contribution in [2.75, 3.05) is 23.8 Å². The molecule has 180 valence electrons. The summed E-state index contributed by atoms with van der Waals surface area (Å²) in [6.07, 6.45) is 1.88. The molecule has 2 aromatic heterocycles. The summed E-state index contributed by atoms with van der Waals surface area (Å²) in [6, 6.07) is 17.4. The van der Waals surface area contributed by atoms with Crippen molar-refractivity contribution in [3.8, 4) is 11.6 Å². The summed E-state index contributed by atoms with van der Waals surface area (Å²) >= 11 is 1.59. The number of hydrogen-bond donors (Lipinski definition) is 2. The number of benzene rings is 2. The average Bonchev–Trinajstić information content (AvgIpc) is 3.51. The van der Waals surface area contributed by atoms with Crippen LogP contribution in [-0.4, -0.2) is 46.2 Å². The second kappa shape index (κ2) is 9.48. The number of nitrogens with one attached hydrogen (secondary N) is 2. The van der Waals surface area contributed by atoms with Gasteiger partial charge in [-0.1, -0.05) is 59.7 Å². The van der Waals surface area contributed by atoms with E-state index in [2.05, 4.69) is 31.9 Å². The van der Waals surface area contributed by atoms with E-state index in [1.54, 1.807) is 11.3 Å². The summed E-state index contributed by atoms with van der Waals surface area (Å²) in [5.74, 6) is -0.0421. The first-order valence-electron chi connectivity index (χ1n) is 11.5. The Kier molecular flexibility index (Phi) is 5.88. The maximum atomic E-state index is 13.1. The van der Waals surface area contributed by atoms with Gasteiger partial charge in [-0.3, -0.25) is 4.79 Å². The molecule has 0 saturated carbocycles. The number of rotatable bonds is 5. The molecule has 2 N–H and O–H groups in total. The number of thiazole rings is 1. The number of aryl methyl sites for hydroxylation is 1. The number of carbonyl (C=O) groups excluding carboxylic acids is 1. The van der Waals surface area contributed by atoms with Gasteiger partial charge >= 0.3 is 6.01 Å². The summed E-state index contributed by atoms with van der Waals surface area (Å²) in [6.45, 7) is 3.18. The van der Waals surface area contributed by atoms with E-state index in [4.69, 9.17) is 14.1 Å². The second-order valence-electron chi connectivity index (χ2n) is 8.30. The van der Waals surface area contributed by atoms with Crippen LogP contribution in [0.25, 0.3) is 17.2 Å². The lowest BCUT2D eigenvalue weighted by Gasteiger charge is -2.12. The monoisotopic (exact) mass is 498 g/mol. The number of amides is 1. The number of aliphatic imine (C=N–C) groups is 1. The molecule has 4 aromatic rings. The highest BCUT2D eigenvalue weighted by molar-refractivity contribution is 7.13. The van der Waals surface area contributed by atoms with Crippen LogP contribution in [0.4, 0.5) is 11.7 Å². The third-order valence-corrected chi connectivity index (χ3v) is 6.92. The van der Waals surface area contributed by atoms with Crippen molar-refractivity contribution in [2.24, 2.45) is 4.99 Å². The fourth-order valence-electron chi connectivity index (χ4n) is 4.20. The summed E-state index contributed by atoms with van der Waals surface area (Å²) in [4.78, 5) is 23.5. The van der Waals surface area contributed by atoms with Gasteiger partial charge in [-0.2, -0.15) is 0 Å². The third kappa shape index (κ3) is 4.32. The van der Waals surface area contributed by atoms with E-state index in [9.17, 15) is 4.79 Å².